The molecule has 0 aliphatic rings. The molecule has 0 radical (unpaired) electrons. The third-order valence-electron chi connectivity index (χ3n) is 2.22. The molecule has 17 heavy (non-hydrogen) atoms. The number of pyridine rings is 1. The highest BCUT2D eigenvalue weighted by Gasteiger charge is 2.16. The molecule has 92 valence electrons. The van der Waals surface area contributed by atoms with E-state index in [0.29, 0.717) is 5.69 Å². The lowest BCUT2D eigenvalue weighted by atomic mass is 10.2. The lowest BCUT2D eigenvalue weighted by molar-refractivity contribution is -0.119. The van der Waals surface area contributed by atoms with E-state index in [1.807, 2.05) is 0 Å². The highest BCUT2D eigenvalue weighted by molar-refractivity contribution is 6.01. The van der Waals surface area contributed by atoms with Gasteiger partial charge in [0.05, 0.1) is 11.3 Å². The van der Waals surface area contributed by atoms with Gasteiger partial charge in [0, 0.05) is 11.9 Å². The predicted molar refractivity (Wildman–Crippen MR) is 62.9 cm³/mol. The van der Waals surface area contributed by atoms with Gasteiger partial charge in [0.25, 0.3) is 5.91 Å². The van der Waals surface area contributed by atoms with Gasteiger partial charge in [-0.2, -0.15) is 0 Å². The Morgan fingerprint density at radius 3 is 2.65 bits per heavy atom. The van der Waals surface area contributed by atoms with E-state index in [1.54, 1.807) is 13.0 Å². The maximum Gasteiger partial charge on any atom is 0.255 e. The molecule has 1 aromatic rings. The van der Waals surface area contributed by atoms with Gasteiger partial charge < -0.3 is 16.5 Å². The van der Waals surface area contributed by atoms with Crippen molar-refractivity contribution in [3.8, 4) is 0 Å². The molecule has 1 rings (SSSR count). The standard InChI is InChI=1S/C10H15N5O2/c1-5-3-8(15-12)7(4-13-5)10(17)14-6(2)9(11)16/h3-4,6H,12H2,1-2H3,(H2,11,16)(H,13,15)(H,14,17). The number of hydrazine groups is 1. The molecular formula is C10H15N5O2. The largest absolute Gasteiger partial charge is 0.368 e. The van der Waals surface area contributed by atoms with E-state index in [2.05, 4.69) is 15.7 Å². The molecular weight excluding hydrogens is 222 g/mol. The van der Waals surface area contributed by atoms with Crippen LogP contribution in [0, 0.1) is 6.92 Å². The number of nitrogen functional groups attached to an aromatic ring is 1. The molecule has 1 heterocycles. The molecule has 0 spiro atoms. The second-order valence-electron chi connectivity index (χ2n) is 3.61. The minimum absolute atomic E-state index is 0.256. The number of hydrogen-bond acceptors (Lipinski definition) is 5. The first-order valence-electron chi connectivity index (χ1n) is 4.99. The minimum atomic E-state index is -0.755. The maximum atomic E-state index is 11.8. The average molecular weight is 237 g/mol. The quantitative estimate of drug-likeness (QED) is 0.406. The fourth-order valence-electron chi connectivity index (χ4n) is 1.21. The predicted octanol–water partition coefficient (Wildman–Crippen LogP) is -0.721. The minimum Gasteiger partial charge on any atom is -0.368 e. The normalized spacial score (nSPS) is 11.7. The number of nitrogens with one attached hydrogen (secondary N) is 2. The van der Waals surface area contributed by atoms with Crippen molar-refractivity contribution in [3.63, 3.8) is 0 Å². The van der Waals surface area contributed by atoms with E-state index < -0.39 is 17.9 Å². The molecule has 2 amide bonds. The zero-order valence-electron chi connectivity index (χ0n) is 9.65. The van der Waals surface area contributed by atoms with Crippen LogP contribution in [0.15, 0.2) is 12.3 Å². The number of aromatic nitrogens is 1. The summed E-state index contributed by atoms with van der Waals surface area (Å²) in [5.74, 6) is 4.23. The van der Waals surface area contributed by atoms with Gasteiger partial charge in [0.2, 0.25) is 5.91 Å². The van der Waals surface area contributed by atoms with E-state index in [4.69, 9.17) is 11.6 Å². The van der Waals surface area contributed by atoms with E-state index in [-0.39, 0.29) is 5.56 Å². The lowest BCUT2D eigenvalue weighted by Crippen LogP contribution is -2.42. The number of nitrogens with two attached hydrogens (primary N) is 2. The molecule has 0 fully saturated rings. The summed E-state index contributed by atoms with van der Waals surface area (Å²) >= 11 is 0. The maximum absolute atomic E-state index is 11.8. The van der Waals surface area contributed by atoms with Gasteiger partial charge in [0.1, 0.15) is 6.04 Å². The third kappa shape index (κ3) is 3.15. The molecule has 0 aliphatic heterocycles. The van der Waals surface area contributed by atoms with Crippen molar-refractivity contribution < 1.29 is 9.59 Å². The molecule has 0 saturated heterocycles. The number of carbonyl (C=O) groups is 2. The van der Waals surface area contributed by atoms with Crippen LogP contribution in [-0.4, -0.2) is 22.8 Å². The fourth-order valence-corrected chi connectivity index (χ4v) is 1.21. The first kappa shape index (κ1) is 12.9. The van der Waals surface area contributed by atoms with Crippen molar-refractivity contribution >= 4 is 17.5 Å². The Balaban J connectivity index is 2.92. The number of carbonyl (C=O) groups excluding carboxylic acids is 2. The van der Waals surface area contributed by atoms with Gasteiger partial charge in [-0.15, -0.1) is 0 Å². The van der Waals surface area contributed by atoms with Crippen molar-refractivity contribution in [2.75, 3.05) is 5.43 Å². The summed E-state index contributed by atoms with van der Waals surface area (Å²) < 4.78 is 0. The summed E-state index contributed by atoms with van der Waals surface area (Å²) in [5.41, 5.74) is 8.86. The highest BCUT2D eigenvalue weighted by atomic mass is 16.2. The number of anilines is 1. The fraction of sp³-hybridized carbons (Fsp3) is 0.300. The Morgan fingerprint density at radius 1 is 1.47 bits per heavy atom. The van der Waals surface area contributed by atoms with E-state index >= 15 is 0 Å². The Hall–Kier alpha value is -2.15. The molecule has 0 bridgehead atoms. The van der Waals surface area contributed by atoms with Gasteiger partial charge in [-0.25, -0.2) is 0 Å². The monoisotopic (exact) mass is 237 g/mol. The zero-order chi connectivity index (χ0) is 13.0. The van der Waals surface area contributed by atoms with Crippen LogP contribution in [0.25, 0.3) is 0 Å². The van der Waals surface area contributed by atoms with Crippen LogP contribution in [0.3, 0.4) is 0 Å². The number of aryl methyl sites for hydroxylation is 1. The number of amides is 2. The van der Waals surface area contributed by atoms with Crippen molar-refractivity contribution in [2.24, 2.45) is 11.6 Å². The molecule has 0 aliphatic carbocycles. The smallest absolute Gasteiger partial charge is 0.255 e. The lowest BCUT2D eigenvalue weighted by Gasteiger charge is -2.12. The summed E-state index contributed by atoms with van der Waals surface area (Å²) in [5, 5.41) is 2.44. The van der Waals surface area contributed by atoms with E-state index in [0.717, 1.165) is 5.69 Å². The molecule has 0 aromatic carbocycles. The summed E-state index contributed by atoms with van der Waals surface area (Å²) in [6.07, 6.45) is 1.38. The van der Waals surface area contributed by atoms with Crippen LogP contribution in [0.5, 0.6) is 0 Å². The van der Waals surface area contributed by atoms with E-state index in [1.165, 1.54) is 13.1 Å². The first-order valence-corrected chi connectivity index (χ1v) is 4.99. The van der Waals surface area contributed by atoms with Crippen molar-refractivity contribution in [1.82, 2.24) is 10.3 Å². The third-order valence-corrected chi connectivity index (χ3v) is 2.22. The summed E-state index contributed by atoms with van der Waals surface area (Å²) in [6.45, 7) is 3.27. The van der Waals surface area contributed by atoms with Gasteiger partial charge in [-0.1, -0.05) is 0 Å². The van der Waals surface area contributed by atoms with Crippen molar-refractivity contribution in [3.05, 3.63) is 23.5 Å². The second-order valence-corrected chi connectivity index (χ2v) is 3.61. The molecule has 1 unspecified atom stereocenters. The van der Waals surface area contributed by atoms with Crippen LogP contribution in [-0.2, 0) is 4.79 Å². The van der Waals surface area contributed by atoms with Crippen LogP contribution in [0.1, 0.15) is 23.0 Å². The SMILES string of the molecule is Cc1cc(NN)c(C(=O)NC(C)C(N)=O)cn1. The number of rotatable bonds is 4. The first-order chi connectivity index (χ1) is 7.95. The topological polar surface area (TPSA) is 123 Å². The average Bonchev–Trinajstić information content (AvgIpc) is 2.28. The van der Waals surface area contributed by atoms with E-state index in [9.17, 15) is 9.59 Å². The van der Waals surface area contributed by atoms with Gasteiger partial charge in [-0.3, -0.25) is 20.4 Å². The summed E-state index contributed by atoms with van der Waals surface area (Å²) in [4.78, 5) is 26.6. The Kier molecular flexibility index (Phi) is 4.00. The van der Waals surface area contributed by atoms with Gasteiger partial charge >= 0.3 is 0 Å². The van der Waals surface area contributed by atoms with Gasteiger partial charge in [-0.05, 0) is 19.9 Å². The van der Waals surface area contributed by atoms with Crippen molar-refractivity contribution in [2.45, 2.75) is 19.9 Å². The molecule has 1 aromatic heterocycles. The Morgan fingerprint density at radius 2 is 2.12 bits per heavy atom. The number of primary amides is 1. The second kappa shape index (κ2) is 5.26. The molecule has 6 N–H and O–H groups in total. The van der Waals surface area contributed by atoms with Crippen LogP contribution < -0.4 is 22.3 Å². The summed E-state index contributed by atoms with van der Waals surface area (Å²) in [6, 6.07) is 0.874. The molecule has 0 saturated carbocycles. The Labute approximate surface area is 98.5 Å². The van der Waals surface area contributed by atoms with Gasteiger partial charge in [0.15, 0.2) is 0 Å². The molecule has 7 nitrogen and oxygen atoms in total. The Bertz CT molecular complexity index is 446. The van der Waals surface area contributed by atoms with Crippen molar-refractivity contribution in [1.29, 1.82) is 0 Å². The summed E-state index contributed by atoms with van der Waals surface area (Å²) in [7, 11) is 0. The van der Waals surface area contributed by atoms with Crippen LogP contribution in [0.2, 0.25) is 0 Å². The zero-order valence-corrected chi connectivity index (χ0v) is 9.65. The number of nitrogens with zero attached hydrogens (tertiary/aromatic N) is 1. The highest BCUT2D eigenvalue weighted by Crippen LogP contribution is 2.14. The number of hydrogen-bond donors (Lipinski definition) is 4. The molecule has 7 heteroatoms. The molecule has 1 atom stereocenters. The van der Waals surface area contributed by atoms with Crippen LogP contribution >= 0.6 is 0 Å². The van der Waals surface area contributed by atoms with Crippen LogP contribution in [0.4, 0.5) is 5.69 Å².